The molecule has 0 radical (unpaired) electrons. The Bertz CT molecular complexity index is 641. The monoisotopic (exact) mass is 301 g/mol. The lowest BCUT2D eigenvalue weighted by Gasteiger charge is -2.30. The summed E-state index contributed by atoms with van der Waals surface area (Å²) in [6, 6.07) is 5.73. The third kappa shape index (κ3) is 2.45. The summed E-state index contributed by atoms with van der Waals surface area (Å²) in [5.41, 5.74) is 0.286. The Kier molecular flexibility index (Phi) is 3.60. The molecule has 22 heavy (non-hydrogen) atoms. The highest BCUT2D eigenvalue weighted by molar-refractivity contribution is 5.97. The fourth-order valence-corrected chi connectivity index (χ4v) is 3.96. The average molecular weight is 301 g/mol. The summed E-state index contributed by atoms with van der Waals surface area (Å²) in [7, 11) is 0. The van der Waals surface area contributed by atoms with Crippen LogP contribution in [-0.2, 0) is 9.59 Å². The topological polar surface area (TPSA) is 109 Å². The molecule has 116 valence electrons. The molecule has 0 aliphatic heterocycles. The highest BCUT2D eigenvalue weighted by Gasteiger charge is 2.51. The number of fused-ring (bicyclic) bond motifs is 2. The van der Waals surface area contributed by atoms with Crippen molar-refractivity contribution in [3.05, 3.63) is 29.8 Å². The van der Waals surface area contributed by atoms with Gasteiger partial charge in [-0.05, 0) is 48.8 Å². The van der Waals surface area contributed by atoms with Crippen molar-refractivity contribution < 1.29 is 24.6 Å². The molecule has 0 unspecified atom stereocenters. The Morgan fingerprint density at radius 1 is 1.05 bits per heavy atom. The van der Waals surface area contributed by atoms with Gasteiger partial charge in [0.1, 0.15) is 0 Å². The molecular weight excluding hydrogens is 286 g/mol. The minimum atomic E-state index is -1.33. The molecule has 2 saturated carbocycles. The number of amides is 1. The van der Waals surface area contributed by atoms with Gasteiger partial charge in [0.2, 0.25) is 5.91 Å². The van der Waals surface area contributed by atoms with E-state index in [2.05, 4.69) is 5.32 Å². The van der Waals surface area contributed by atoms with Gasteiger partial charge in [-0.2, -0.15) is 0 Å². The summed E-state index contributed by atoms with van der Waals surface area (Å²) >= 11 is 0. The van der Waals surface area contributed by atoms with Crippen LogP contribution < -0.4 is 15.5 Å². The number of benzene rings is 1. The zero-order valence-corrected chi connectivity index (χ0v) is 11.8. The maximum Gasteiger partial charge on any atom is 0.228 e. The molecule has 3 rings (SSSR count). The van der Waals surface area contributed by atoms with Crippen LogP contribution in [0.25, 0.3) is 0 Å². The van der Waals surface area contributed by atoms with E-state index in [1.165, 1.54) is 18.2 Å². The molecule has 0 saturated heterocycles. The molecule has 2 aliphatic carbocycles. The predicted molar refractivity (Wildman–Crippen MR) is 72.2 cm³/mol. The first-order chi connectivity index (χ1) is 10.5. The highest BCUT2D eigenvalue weighted by atomic mass is 16.4. The zero-order valence-electron chi connectivity index (χ0n) is 11.8. The van der Waals surface area contributed by atoms with Crippen molar-refractivity contribution in [1.82, 2.24) is 0 Å². The van der Waals surface area contributed by atoms with Crippen molar-refractivity contribution in [3.8, 4) is 0 Å². The Labute approximate surface area is 127 Å². The van der Waals surface area contributed by atoms with E-state index in [1.807, 2.05) is 0 Å². The quantitative estimate of drug-likeness (QED) is 0.798. The molecule has 1 aromatic rings. The van der Waals surface area contributed by atoms with Crippen molar-refractivity contribution >= 4 is 23.5 Å². The van der Waals surface area contributed by atoms with E-state index in [4.69, 9.17) is 0 Å². The fourth-order valence-electron chi connectivity index (χ4n) is 3.96. The third-order valence-electron chi connectivity index (χ3n) is 4.86. The number of hydrogen-bond donors (Lipinski definition) is 1. The number of carboxylic acids is 2. The molecule has 1 aromatic carbocycles. The van der Waals surface area contributed by atoms with Crippen LogP contribution in [-0.4, -0.2) is 17.8 Å². The highest BCUT2D eigenvalue weighted by Crippen LogP contribution is 2.52. The van der Waals surface area contributed by atoms with Gasteiger partial charge in [0, 0.05) is 23.5 Å². The number of aliphatic carboxylic acids is 1. The van der Waals surface area contributed by atoms with E-state index in [-0.39, 0.29) is 23.3 Å². The number of nitrogens with one attached hydrogen (secondary N) is 1. The molecule has 1 amide bonds. The molecule has 0 heterocycles. The molecule has 2 fully saturated rings. The van der Waals surface area contributed by atoms with E-state index in [0.29, 0.717) is 5.69 Å². The van der Waals surface area contributed by atoms with Crippen LogP contribution in [0.1, 0.15) is 29.6 Å². The molecule has 6 heteroatoms. The van der Waals surface area contributed by atoms with Crippen LogP contribution in [0.4, 0.5) is 5.69 Å². The summed E-state index contributed by atoms with van der Waals surface area (Å²) in [5, 5.41) is 24.8. The second kappa shape index (κ2) is 5.44. The van der Waals surface area contributed by atoms with Gasteiger partial charge in [0.05, 0.1) is 5.97 Å². The van der Waals surface area contributed by atoms with Gasteiger partial charge >= 0.3 is 0 Å². The Balaban J connectivity index is 1.78. The van der Waals surface area contributed by atoms with Gasteiger partial charge in [-0.15, -0.1) is 0 Å². The molecule has 1 N–H and O–H groups in total. The molecular formula is C16H15NO5-2. The number of carbonyl (C=O) groups is 3. The summed E-state index contributed by atoms with van der Waals surface area (Å²) in [6.07, 6.45) is 2.43. The van der Waals surface area contributed by atoms with Crippen LogP contribution >= 0.6 is 0 Å². The summed E-state index contributed by atoms with van der Waals surface area (Å²) in [4.78, 5) is 34.6. The van der Waals surface area contributed by atoms with Crippen molar-refractivity contribution in [2.24, 2.45) is 23.7 Å². The SMILES string of the molecule is O=C([O-])c1cccc(NC(=O)[C@@H]2[C@@H]3CC[C@@H](C3)[C@@H]2C(=O)[O-])c1. The van der Waals surface area contributed by atoms with Gasteiger partial charge in [-0.3, -0.25) is 4.79 Å². The first kappa shape index (κ1) is 14.6. The molecule has 2 bridgehead atoms. The number of anilines is 1. The maximum atomic E-state index is 12.4. The smallest absolute Gasteiger partial charge is 0.228 e. The van der Waals surface area contributed by atoms with Crippen molar-refractivity contribution in [3.63, 3.8) is 0 Å². The second-order valence-corrected chi connectivity index (χ2v) is 6.06. The van der Waals surface area contributed by atoms with Crippen molar-refractivity contribution in [2.75, 3.05) is 5.32 Å². The molecule has 0 aromatic heterocycles. The lowest BCUT2D eigenvalue weighted by molar-refractivity contribution is -0.314. The minimum Gasteiger partial charge on any atom is -0.550 e. The maximum absolute atomic E-state index is 12.4. The van der Waals surface area contributed by atoms with E-state index < -0.39 is 23.8 Å². The lowest BCUT2D eigenvalue weighted by Crippen LogP contribution is -2.43. The number of rotatable bonds is 4. The number of hydrogen-bond acceptors (Lipinski definition) is 5. The summed E-state index contributed by atoms with van der Waals surface area (Å²) in [5.74, 6) is -4.15. The van der Waals surface area contributed by atoms with Crippen LogP contribution in [0.15, 0.2) is 24.3 Å². The standard InChI is InChI=1S/C16H17NO5/c18-14(17-11-3-1-2-10(7-11)15(19)20)12-8-4-5-9(6-8)13(12)16(21)22/h1-3,7-9,12-13H,4-6H2,(H,17,18)(H,19,20)(H,21,22)/p-2/t8-,9+,12-,13+/m1/s1. The van der Waals surface area contributed by atoms with E-state index in [0.717, 1.165) is 19.3 Å². The van der Waals surface area contributed by atoms with Gasteiger partial charge in [0.25, 0.3) is 0 Å². The van der Waals surface area contributed by atoms with Crippen molar-refractivity contribution in [1.29, 1.82) is 0 Å². The predicted octanol–water partition coefficient (Wildman–Crippen LogP) is -0.599. The Morgan fingerprint density at radius 2 is 1.73 bits per heavy atom. The molecule has 6 nitrogen and oxygen atoms in total. The normalized spacial score (nSPS) is 29.3. The van der Waals surface area contributed by atoms with Crippen molar-refractivity contribution in [2.45, 2.75) is 19.3 Å². The van der Waals surface area contributed by atoms with E-state index in [9.17, 15) is 24.6 Å². The van der Waals surface area contributed by atoms with Gasteiger partial charge in [-0.1, -0.05) is 12.1 Å². The summed E-state index contributed by atoms with van der Waals surface area (Å²) in [6.45, 7) is 0. The number of aromatic carboxylic acids is 1. The first-order valence-electron chi connectivity index (χ1n) is 7.30. The molecule has 0 spiro atoms. The molecule has 2 aliphatic rings. The largest absolute Gasteiger partial charge is 0.550 e. The van der Waals surface area contributed by atoms with Crippen LogP contribution in [0.2, 0.25) is 0 Å². The number of carbonyl (C=O) groups excluding carboxylic acids is 3. The van der Waals surface area contributed by atoms with E-state index in [1.54, 1.807) is 6.07 Å². The van der Waals surface area contributed by atoms with E-state index >= 15 is 0 Å². The van der Waals surface area contributed by atoms with Gasteiger partial charge < -0.3 is 25.1 Å². The van der Waals surface area contributed by atoms with Crippen LogP contribution in [0.3, 0.4) is 0 Å². The van der Waals surface area contributed by atoms with Gasteiger partial charge in [-0.25, -0.2) is 0 Å². The molecule has 4 atom stereocenters. The van der Waals surface area contributed by atoms with Gasteiger partial charge in [0.15, 0.2) is 0 Å². The average Bonchev–Trinajstić information content (AvgIpc) is 3.07. The lowest BCUT2D eigenvalue weighted by atomic mass is 9.78. The Morgan fingerprint density at radius 3 is 2.36 bits per heavy atom. The summed E-state index contributed by atoms with van der Waals surface area (Å²) < 4.78 is 0. The second-order valence-electron chi connectivity index (χ2n) is 6.06. The Hall–Kier alpha value is -2.37. The fraction of sp³-hybridized carbons (Fsp3) is 0.438. The zero-order chi connectivity index (χ0) is 15.9. The van der Waals surface area contributed by atoms with Crippen LogP contribution in [0, 0.1) is 23.7 Å². The minimum absolute atomic E-state index is 0.0142. The number of carboxylic acid groups (broad SMARTS) is 2. The van der Waals surface area contributed by atoms with Crippen LogP contribution in [0.5, 0.6) is 0 Å². The first-order valence-corrected chi connectivity index (χ1v) is 7.30. The third-order valence-corrected chi connectivity index (χ3v) is 4.86.